The molecule has 1 amide bonds. The summed E-state index contributed by atoms with van der Waals surface area (Å²) in [5.41, 5.74) is 2.23. The molecule has 0 fully saturated rings. The van der Waals surface area contributed by atoms with E-state index >= 15 is 0 Å². The lowest BCUT2D eigenvalue weighted by atomic mass is 10.1. The average Bonchev–Trinajstić information content (AvgIpc) is 3.12. The van der Waals surface area contributed by atoms with Crippen molar-refractivity contribution in [1.82, 2.24) is 9.88 Å². The fourth-order valence-electron chi connectivity index (χ4n) is 2.46. The summed E-state index contributed by atoms with van der Waals surface area (Å²) in [5, 5.41) is 6.08. The summed E-state index contributed by atoms with van der Waals surface area (Å²) in [6, 6.07) is 14.9. The second-order valence-corrected chi connectivity index (χ2v) is 7.60. The highest BCUT2D eigenvalue weighted by Gasteiger charge is 2.13. The average molecular weight is 402 g/mol. The minimum Gasteiger partial charge on any atom is -0.486 e. The predicted molar refractivity (Wildman–Crippen MR) is 110 cm³/mol. The van der Waals surface area contributed by atoms with Crippen LogP contribution >= 0.6 is 22.9 Å². The first kappa shape index (κ1) is 19.4. The largest absolute Gasteiger partial charge is 0.486 e. The topological polar surface area (TPSA) is 54.5 Å². The molecule has 7 heteroatoms. The highest BCUT2D eigenvalue weighted by Crippen LogP contribution is 2.20. The maximum Gasteiger partial charge on any atom is 0.275 e. The summed E-state index contributed by atoms with van der Waals surface area (Å²) >= 11 is 7.25. The van der Waals surface area contributed by atoms with Gasteiger partial charge in [-0.3, -0.25) is 4.79 Å². The molecule has 27 heavy (non-hydrogen) atoms. The van der Waals surface area contributed by atoms with Crippen LogP contribution in [-0.4, -0.2) is 29.9 Å². The highest BCUT2D eigenvalue weighted by molar-refractivity contribution is 7.09. The summed E-state index contributed by atoms with van der Waals surface area (Å²) in [5.74, 6) is 0.480. The Labute approximate surface area is 167 Å². The van der Waals surface area contributed by atoms with Crippen LogP contribution in [0.1, 0.15) is 21.1 Å². The van der Waals surface area contributed by atoms with E-state index in [2.05, 4.69) is 15.2 Å². The highest BCUT2D eigenvalue weighted by atomic mass is 35.5. The fourth-order valence-corrected chi connectivity index (χ4v) is 3.28. The van der Waals surface area contributed by atoms with Crippen molar-refractivity contribution >= 4 is 34.5 Å². The molecule has 1 aromatic heterocycles. The molecule has 0 radical (unpaired) electrons. The van der Waals surface area contributed by atoms with Gasteiger partial charge in [0.25, 0.3) is 5.91 Å². The van der Waals surface area contributed by atoms with Crippen LogP contribution in [0.5, 0.6) is 5.75 Å². The Bertz CT molecular complexity index is 910. The Morgan fingerprint density at radius 2 is 1.93 bits per heavy atom. The van der Waals surface area contributed by atoms with Crippen molar-refractivity contribution in [1.29, 1.82) is 0 Å². The number of carbonyl (C=O) groups excluding carboxylic acids is 1. The Kier molecular flexibility index (Phi) is 6.45. The quantitative estimate of drug-likeness (QED) is 0.624. The Balaban J connectivity index is 1.62. The Hall–Kier alpha value is -2.41. The molecule has 0 aliphatic heterocycles. The number of thiazole rings is 1. The number of amides is 1. The number of aromatic nitrogens is 1. The molecule has 3 rings (SSSR count). The molecule has 0 saturated heterocycles. The number of halogens is 1. The molecule has 3 aromatic rings. The van der Waals surface area contributed by atoms with E-state index < -0.39 is 0 Å². The van der Waals surface area contributed by atoms with Gasteiger partial charge in [-0.05, 0) is 50.0 Å². The molecule has 140 valence electrons. The molecule has 0 aliphatic rings. The van der Waals surface area contributed by atoms with Crippen LogP contribution in [0, 0.1) is 0 Å². The van der Waals surface area contributed by atoms with E-state index in [-0.39, 0.29) is 5.91 Å². The van der Waals surface area contributed by atoms with Gasteiger partial charge in [0, 0.05) is 22.6 Å². The molecule has 1 heterocycles. The minimum atomic E-state index is -0.227. The number of hydrogen-bond acceptors (Lipinski definition) is 5. The third-order valence-corrected chi connectivity index (χ3v) is 4.79. The Morgan fingerprint density at radius 3 is 2.67 bits per heavy atom. The lowest BCUT2D eigenvalue weighted by Gasteiger charge is -2.14. The molecule has 0 bridgehead atoms. The number of ether oxygens (including phenoxy) is 1. The lowest BCUT2D eigenvalue weighted by molar-refractivity contribution is 0.102. The normalized spacial score (nSPS) is 10.8. The first-order valence-electron chi connectivity index (χ1n) is 8.38. The summed E-state index contributed by atoms with van der Waals surface area (Å²) < 4.78 is 5.67. The van der Waals surface area contributed by atoms with Gasteiger partial charge >= 0.3 is 0 Å². The number of anilines is 1. The standard InChI is InChI=1S/C20H20ClN3O2S/c1-24(2)11-14-5-3-4-6-17(14)23-20(25)18-13-27-19(22-18)12-26-16-9-7-15(21)8-10-16/h3-10,13H,11-12H2,1-2H3,(H,23,25). The molecule has 1 N–H and O–H groups in total. The maximum absolute atomic E-state index is 12.5. The van der Waals surface area contributed by atoms with Crippen LogP contribution in [-0.2, 0) is 13.2 Å². The van der Waals surface area contributed by atoms with Crippen molar-refractivity contribution in [2.75, 3.05) is 19.4 Å². The van der Waals surface area contributed by atoms with E-state index in [0.717, 1.165) is 22.8 Å². The van der Waals surface area contributed by atoms with E-state index in [1.807, 2.05) is 38.4 Å². The van der Waals surface area contributed by atoms with Crippen LogP contribution < -0.4 is 10.1 Å². The fraction of sp³-hybridized carbons (Fsp3) is 0.200. The van der Waals surface area contributed by atoms with E-state index in [0.29, 0.717) is 23.1 Å². The summed E-state index contributed by atoms with van der Waals surface area (Å²) in [7, 11) is 3.98. The van der Waals surface area contributed by atoms with E-state index in [4.69, 9.17) is 16.3 Å². The van der Waals surface area contributed by atoms with Gasteiger partial charge < -0.3 is 15.0 Å². The maximum atomic E-state index is 12.5. The lowest BCUT2D eigenvalue weighted by Crippen LogP contribution is -2.17. The molecule has 0 atom stereocenters. The zero-order valence-electron chi connectivity index (χ0n) is 15.1. The summed E-state index contributed by atoms with van der Waals surface area (Å²) in [6.45, 7) is 1.05. The van der Waals surface area contributed by atoms with Crippen molar-refractivity contribution in [3.63, 3.8) is 0 Å². The van der Waals surface area contributed by atoms with E-state index in [9.17, 15) is 4.79 Å². The SMILES string of the molecule is CN(C)Cc1ccccc1NC(=O)c1csc(COc2ccc(Cl)cc2)n1. The van der Waals surface area contributed by atoms with Crippen LogP contribution in [0.4, 0.5) is 5.69 Å². The molecule has 2 aromatic carbocycles. The van der Waals surface area contributed by atoms with Gasteiger partial charge in [-0.2, -0.15) is 0 Å². The smallest absolute Gasteiger partial charge is 0.275 e. The number of hydrogen-bond donors (Lipinski definition) is 1. The first-order chi connectivity index (χ1) is 13.0. The van der Waals surface area contributed by atoms with Crippen molar-refractivity contribution in [3.8, 4) is 5.75 Å². The van der Waals surface area contributed by atoms with Crippen LogP contribution in [0.25, 0.3) is 0 Å². The van der Waals surface area contributed by atoms with Crippen LogP contribution in [0.3, 0.4) is 0 Å². The molecule has 0 spiro atoms. The Morgan fingerprint density at radius 1 is 1.19 bits per heavy atom. The second-order valence-electron chi connectivity index (χ2n) is 6.22. The number of carbonyl (C=O) groups is 1. The number of nitrogens with one attached hydrogen (secondary N) is 1. The van der Waals surface area contributed by atoms with Gasteiger partial charge in [-0.15, -0.1) is 11.3 Å². The van der Waals surface area contributed by atoms with Gasteiger partial charge in [0.1, 0.15) is 23.1 Å². The zero-order valence-corrected chi connectivity index (χ0v) is 16.7. The molecule has 0 unspecified atom stereocenters. The third-order valence-electron chi connectivity index (χ3n) is 3.71. The van der Waals surface area contributed by atoms with Crippen LogP contribution in [0.15, 0.2) is 53.9 Å². The number of para-hydroxylation sites is 1. The molecule has 0 saturated carbocycles. The van der Waals surface area contributed by atoms with Gasteiger partial charge in [-0.1, -0.05) is 29.8 Å². The summed E-state index contributed by atoms with van der Waals surface area (Å²) in [6.07, 6.45) is 0. The number of rotatable bonds is 7. The summed E-state index contributed by atoms with van der Waals surface area (Å²) in [4.78, 5) is 19.0. The van der Waals surface area contributed by atoms with Gasteiger partial charge in [0.05, 0.1) is 0 Å². The van der Waals surface area contributed by atoms with Crippen LogP contribution in [0.2, 0.25) is 5.02 Å². The monoisotopic (exact) mass is 401 g/mol. The van der Waals surface area contributed by atoms with Crippen molar-refractivity contribution in [2.24, 2.45) is 0 Å². The van der Waals surface area contributed by atoms with E-state index in [1.165, 1.54) is 11.3 Å². The van der Waals surface area contributed by atoms with Gasteiger partial charge in [0.2, 0.25) is 0 Å². The van der Waals surface area contributed by atoms with E-state index in [1.54, 1.807) is 29.6 Å². The van der Waals surface area contributed by atoms with Crippen molar-refractivity contribution in [3.05, 3.63) is 75.2 Å². The molecule has 0 aliphatic carbocycles. The third kappa shape index (κ3) is 5.53. The molecular formula is C20H20ClN3O2S. The van der Waals surface area contributed by atoms with Gasteiger partial charge in [0.15, 0.2) is 0 Å². The number of benzene rings is 2. The van der Waals surface area contributed by atoms with Crippen molar-refractivity contribution in [2.45, 2.75) is 13.2 Å². The van der Waals surface area contributed by atoms with Gasteiger partial charge in [-0.25, -0.2) is 4.98 Å². The minimum absolute atomic E-state index is 0.227. The van der Waals surface area contributed by atoms with Crippen molar-refractivity contribution < 1.29 is 9.53 Å². The predicted octanol–water partition coefficient (Wildman–Crippen LogP) is 4.69. The molecule has 5 nitrogen and oxygen atoms in total. The molecular weight excluding hydrogens is 382 g/mol. The number of nitrogens with zero attached hydrogens (tertiary/aromatic N) is 2. The second kappa shape index (κ2) is 8.99. The first-order valence-corrected chi connectivity index (χ1v) is 9.64. The zero-order chi connectivity index (χ0) is 19.2.